The molecule has 0 saturated heterocycles. The molecule has 3 aromatic rings. The van der Waals surface area contributed by atoms with Crippen LogP contribution in [0.25, 0.3) is 17.2 Å². The fourth-order valence-electron chi connectivity index (χ4n) is 7.62. The van der Waals surface area contributed by atoms with Gasteiger partial charge < -0.3 is 9.47 Å². The van der Waals surface area contributed by atoms with Crippen molar-refractivity contribution in [1.29, 1.82) is 0 Å². The fourth-order valence-corrected chi connectivity index (χ4v) is 7.81. The van der Waals surface area contributed by atoms with E-state index in [4.69, 9.17) is 21.1 Å². The minimum Gasteiger partial charge on any atom is -0.489 e. The Morgan fingerprint density at radius 2 is 1.58 bits per heavy atom. The van der Waals surface area contributed by atoms with Crippen LogP contribution in [0.15, 0.2) is 72.8 Å². The Bertz CT molecular complexity index is 1310. The van der Waals surface area contributed by atoms with Crippen molar-refractivity contribution < 1.29 is 14.3 Å². The molecule has 3 nitrogen and oxygen atoms in total. The summed E-state index contributed by atoms with van der Waals surface area (Å²) in [6.07, 6.45) is 11.2. The van der Waals surface area contributed by atoms with E-state index < -0.39 is 0 Å². The third-order valence-electron chi connectivity index (χ3n) is 8.84. The zero-order chi connectivity index (χ0) is 26.1. The second-order valence-corrected chi connectivity index (χ2v) is 11.9. The number of benzene rings is 3. The van der Waals surface area contributed by atoms with Gasteiger partial charge in [-0.1, -0.05) is 54.1 Å². The molecule has 0 radical (unpaired) electrons. The molecular weight excluding hydrogens is 492 g/mol. The van der Waals surface area contributed by atoms with Crippen molar-refractivity contribution >= 4 is 23.6 Å². The van der Waals surface area contributed by atoms with Crippen molar-refractivity contribution in [2.45, 2.75) is 57.5 Å². The summed E-state index contributed by atoms with van der Waals surface area (Å²) in [5, 5.41) is 0.610. The molecule has 0 aromatic heterocycles. The first-order valence-electron chi connectivity index (χ1n) is 14.0. The van der Waals surface area contributed by atoms with Gasteiger partial charge in [-0.05, 0) is 121 Å². The van der Waals surface area contributed by atoms with Crippen LogP contribution in [-0.4, -0.2) is 12.6 Å². The van der Waals surface area contributed by atoms with Crippen LogP contribution in [0.2, 0.25) is 5.02 Å². The minimum atomic E-state index is -0.363. The Labute approximate surface area is 230 Å². The van der Waals surface area contributed by atoms with Crippen molar-refractivity contribution in [3.63, 3.8) is 0 Å². The number of hydrogen-bond acceptors (Lipinski definition) is 3. The average Bonchev–Trinajstić information content (AvgIpc) is 2.91. The fraction of sp³-hybridized carbons (Fsp3) is 0.382. The van der Waals surface area contributed by atoms with E-state index in [1.165, 1.54) is 55.7 Å². The molecule has 0 amide bonds. The molecular formula is C34H35ClO3. The molecule has 196 valence electrons. The van der Waals surface area contributed by atoms with Gasteiger partial charge in [0.2, 0.25) is 0 Å². The first-order chi connectivity index (χ1) is 18.5. The van der Waals surface area contributed by atoms with Crippen molar-refractivity contribution in [2.24, 2.45) is 17.8 Å². The van der Waals surface area contributed by atoms with Crippen LogP contribution in [0.4, 0.5) is 0 Å². The maximum Gasteiger partial charge on any atom is 0.330 e. The predicted octanol–water partition coefficient (Wildman–Crippen LogP) is 8.63. The zero-order valence-electron chi connectivity index (χ0n) is 22.0. The highest BCUT2D eigenvalue weighted by atomic mass is 35.5. The quantitative estimate of drug-likeness (QED) is 0.217. The van der Waals surface area contributed by atoms with Crippen LogP contribution >= 0.6 is 11.6 Å². The third kappa shape index (κ3) is 5.14. The van der Waals surface area contributed by atoms with Crippen LogP contribution in [0.5, 0.6) is 5.75 Å². The maximum atomic E-state index is 11.9. The number of rotatable bonds is 8. The highest BCUT2D eigenvalue weighted by Gasteiger charge is 2.52. The van der Waals surface area contributed by atoms with Gasteiger partial charge in [-0.25, -0.2) is 4.79 Å². The molecule has 0 aliphatic heterocycles. The lowest BCUT2D eigenvalue weighted by atomic mass is 9.48. The molecule has 0 spiro atoms. The highest BCUT2D eigenvalue weighted by molar-refractivity contribution is 6.32. The Hall–Kier alpha value is -3.04. The average molecular weight is 527 g/mol. The van der Waals surface area contributed by atoms with Gasteiger partial charge in [-0.2, -0.15) is 0 Å². The van der Waals surface area contributed by atoms with Crippen molar-refractivity contribution in [3.05, 3.63) is 94.5 Å². The Morgan fingerprint density at radius 3 is 2.26 bits per heavy atom. The van der Waals surface area contributed by atoms with Crippen molar-refractivity contribution in [3.8, 4) is 16.9 Å². The minimum absolute atomic E-state index is 0.204. The summed E-state index contributed by atoms with van der Waals surface area (Å²) in [5.74, 6) is 3.21. The van der Waals surface area contributed by atoms with Crippen LogP contribution < -0.4 is 4.74 Å². The van der Waals surface area contributed by atoms with E-state index in [1.54, 1.807) is 13.0 Å². The van der Waals surface area contributed by atoms with Crippen molar-refractivity contribution in [1.82, 2.24) is 0 Å². The largest absolute Gasteiger partial charge is 0.489 e. The van der Waals surface area contributed by atoms with E-state index in [-0.39, 0.29) is 11.4 Å². The van der Waals surface area contributed by atoms with Crippen molar-refractivity contribution in [2.75, 3.05) is 6.61 Å². The van der Waals surface area contributed by atoms with E-state index in [0.717, 1.165) is 40.2 Å². The molecule has 4 aliphatic carbocycles. The standard InChI is InChI=1S/C34H35ClO3/c1-2-37-33(36)13-10-29-17-27(8-11-31(29)35)28-9-12-32(38-22-23-6-4-3-5-7-23)30(18-28)34-19-24-14-25(20-34)16-26(15-24)21-34/h3-13,17-18,24-26H,2,14-16,19-22H2,1H3. The molecule has 0 atom stereocenters. The highest BCUT2D eigenvalue weighted by Crippen LogP contribution is 2.62. The summed E-state index contributed by atoms with van der Waals surface area (Å²) in [7, 11) is 0. The number of esters is 1. The van der Waals surface area contributed by atoms with Gasteiger partial charge >= 0.3 is 5.97 Å². The number of halogens is 1. The molecule has 0 N–H and O–H groups in total. The Morgan fingerprint density at radius 1 is 0.921 bits per heavy atom. The summed E-state index contributed by atoms with van der Waals surface area (Å²) in [6, 6.07) is 23.2. The summed E-state index contributed by atoms with van der Waals surface area (Å²) >= 11 is 6.49. The lowest BCUT2D eigenvalue weighted by Crippen LogP contribution is -2.48. The van der Waals surface area contributed by atoms with E-state index >= 15 is 0 Å². The number of carbonyl (C=O) groups excluding carboxylic acids is 1. The number of carbonyl (C=O) groups is 1. The second-order valence-electron chi connectivity index (χ2n) is 11.5. The predicted molar refractivity (Wildman–Crippen MR) is 153 cm³/mol. The van der Waals surface area contributed by atoms with E-state index in [1.807, 2.05) is 12.1 Å². The smallest absolute Gasteiger partial charge is 0.330 e. The summed E-state index contributed by atoms with van der Waals surface area (Å²) in [5.41, 5.74) is 5.81. The van der Waals surface area contributed by atoms with E-state index in [9.17, 15) is 4.79 Å². The van der Waals surface area contributed by atoms with E-state index in [0.29, 0.717) is 18.2 Å². The van der Waals surface area contributed by atoms with Crippen LogP contribution in [-0.2, 0) is 21.6 Å². The Balaban J connectivity index is 1.36. The topological polar surface area (TPSA) is 35.5 Å². The van der Waals surface area contributed by atoms with Crippen LogP contribution in [0, 0.1) is 17.8 Å². The molecule has 4 bridgehead atoms. The molecule has 4 aliphatic rings. The molecule has 38 heavy (non-hydrogen) atoms. The maximum absolute atomic E-state index is 11.9. The van der Waals surface area contributed by atoms with Crippen LogP contribution in [0.1, 0.15) is 62.1 Å². The molecule has 4 fully saturated rings. The second kappa shape index (κ2) is 10.6. The van der Waals surface area contributed by atoms with E-state index in [2.05, 4.69) is 54.6 Å². The lowest BCUT2D eigenvalue weighted by molar-refractivity contribution is -0.137. The summed E-state index contributed by atoms with van der Waals surface area (Å²) < 4.78 is 11.6. The summed E-state index contributed by atoms with van der Waals surface area (Å²) in [4.78, 5) is 11.9. The summed E-state index contributed by atoms with van der Waals surface area (Å²) in [6.45, 7) is 2.72. The SMILES string of the molecule is CCOC(=O)C=Cc1cc(-c2ccc(OCc3ccccc3)c(C34CC5CC(CC(C5)C3)C4)c2)ccc1Cl. The van der Waals surface area contributed by atoms with Gasteiger partial charge in [0, 0.05) is 16.7 Å². The Kier molecular flexibility index (Phi) is 7.05. The number of ether oxygens (including phenoxy) is 2. The molecule has 4 heteroatoms. The van der Waals surface area contributed by atoms with Gasteiger partial charge in [0.15, 0.2) is 0 Å². The lowest BCUT2D eigenvalue weighted by Gasteiger charge is -2.57. The first-order valence-corrected chi connectivity index (χ1v) is 14.3. The molecule has 0 heterocycles. The van der Waals surface area contributed by atoms with Gasteiger partial charge in [-0.3, -0.25) is 0 Å². The number of hydrogen-bond donors (Lipinski definition) is 0. The molecule has 3 aromatic carbocycles. The van der Waals surface area contributed by atoms with Gasteiger partial charge in [0.25, 0.3) is 0 Å². The van der Waals surface area contributed by atoms with Gasteiger partial charge in [-0.15, -0.1) is 0 Å². The molecule has 7 rings (SSSR count). The van der Waals surface area contributed by atoms with Gasteiger partial charge in [0.1, 0.15) is 12.4 Å². The third-order valence-corrected chi connectivity index (χ3v) is 9.19. The zero-order valence-corrected chi connectivity index (χ0v) is 22.8. The normalized spacial score (nSPS) is 25.6. The van der Waals surface area contributed by atoms with Gasteiger partial charge in [0.05, 0.1) is 6.61 Å². The van der Waals surface area contributed by atoms with Crippen LogP contribution in [0.3, 0.4) is 0 Å². The monoisotopic (exact) mass is 526 g/mol. The molecule has 0 unspecified atom stereocenters. The molecule has 4 saturated carbocycles. The first kappa shape index (κ1) is 25.2.